The van der Waals surface area contributed by atoms with Gasteiger partial charge >= 0.3 is 0 Å². The van der Waals surface area contributed by atoms with Crippen molar-refractivity contribution in [3.05, 3.63) is 33.8 Å². The summed E-state index contributed by atoms with van der Waals surface area (Å²) in [5.41, 5.74) is 2.46. The van der Waals surface area contributed by atoms with Crippen LogP contribution in [-0.2, 0) is 11.2 Å². The molecule has 1 unspecified atom stereocenters. The van der Waals surface area contributed by atoms with Crippen molar-refractivity contribution in [1.82, 2.24) is 10.6 Å². The fraction of sp³-hybridized carbons (Fsp3) is 0.650. The highest BCUT2D eigenvalue weighted by atomic mass is 79.9. The first-order valence-corrected chi connectivity index (χ1v) is 10.3. The van der Waals surface area contributed by atoms with Crippen molar-refractivity contribution in [2.24, 2.45) is 23.7 Å². The predicted molar refractivity (Wildman–Crippen MR) is 97.6 cm³/mol. The number of carbonyl (C=O) groups excluding carboxylic acids is 1. The standard InChI is InChI=1S/C20H25BrN2O/c21-16-2-1-13-3-4-22-19(17(13)10-16)20(24)23-18-14-6-11-5-12(8-14)9-15(18)7-11/h1-2,10-12,14-15,18-19,22H,3-9H2,(H,23,24). The first-order chi connectivity index (χ1) is 11.7. The van der Waals surface area contributed by atoms with Gasteiger partial charge in [0.05, 0.1) is 0 Å². The molecule has 6 rings (SSSR count). The summed E-state index contributed by atoms with van der Waals surface area (Å²) < 4.78 is 1.05. The van der Waals surface area contributed by atoms with Crippen LogP contribution >= 0.6 is 15.9 Å². The summed E-state index contributed by atoms with van der Waals surface area (Å²) in [4.78, 5) is 13.1. The third kappa shape index (κ3) is 2.53. The van der Waals surface area contributed by atoms with Crippen molar-refractivity contribution in [1.29, 1.82) is 0 Å². The number of amides is 1. The Kier molecular flexibility index (Phi) is 3.75. The largest absolute Gasteiger partial charge is 0.351 e. The van der Waals surface area contributed by atoms with E-state index in [-0.39, 0.29) is 11.9 Å². The number of halogens is 1. The van der Waals surface area contributed by atoms with E-state index in [1.54, 1.807) is 0 Å². The van der Waals surface area contributed by atoms with Crippen molar-refractivity contribution < 1.29 is 4.79 Å². The van der Waals surface area contributed by atoms with Crippen LogP contribution < -0.4 is 10.6 Å². The Balaban J connectivity index is 1.36. The van der Waals surface area contributed by atoms with Gasteiger partial charge in [0, 0.05) is 17.1 Å². The highest BCUT2D eigenvalue weighted by Crippen LogP contribution is 2.53. The van der Waals surface area contributed by atoms with Gasteiger partial charge in [-0.2, -0.15) is 0 Å². The molecular weight excluding hydrogens is 364 g/mol. The molecule has 0 aromatic heterocycles. The van der Waals surface area contributed by atoms with Crippen molar-refractivity contribution >= 4 is 21.8 Å². The molecule has 4 saturated carbocycles. The molecule has 0 saturated heterocycles. The number of carbonyl (C=O) groups is 1. The maximum Gasteiger partial charge on any atom is 0.241 e. The van der Waals surface area contributed by atoms with Gasteiger partial charge in [0.1, 0.15) is 6.04 Å². The Hall–Kier alpha value is -0.870. The normalized spacial score (nSPS) is 39.5. The number of benzene rings is 1. The van der Waals surface area contributed by atoms with Crippen molar-refractivity contribution in [2.45, 2.75) is 50.6 Å². The van der Waals surface area contributed by atoms with E-state index in [4.69, 9.17) is 0 Å². The molecule has 0 radical (unpaired) electrons. The van der Waals surface area contributed by atoms with Crippen molar-refractivity contribution in [2.75, 3.05) is 6.54 Å². The van der Waals surface area contributed by atoms with E-state index in [0.717, 1.165) is 46.7 Å². The Morgan fingerprint density at radius 1 is 1.08 bits per heavy atom. The molecule has 4 heteroatoms. The lowest BCUT2D eigenvalue weighted by atomic mass is 9.54. The van der Waals surface area contributed by atoms with E-state index in [1.807, 2.05) is 0 Å². The van der Waals surface area contributed by atoms with E-state index < -0.39 is 0 Å². The lowest BCUT2D eigenvalue weighted by Gasteiger charge is -2.54. The summed E-state index contributed by atoms with van der Waals surface area (Å²) in [7, 11) is 0. The monoisotopic (exact) mass is 388 g/mol. The SMILES string of the molecule is O=C(NC1C2CC3CC(C2)CC1C3)C1NCCc2ccc(Br)cc21. The maximum absolute atomic E-state index is 13.1. The minimum absolute atomic E-state index is 0.187. The van der Waals surface area contributed by atoms with E-state index >= 15 is 0 Å². The molecule has 1 heterocycles. The lowest BCUT2D eigenvalue weighted by Crippen LogP contribution is -2.57. The zero-order valence-corrected chi connectivity index (χ0v) is 15.5. The fourth-order valence-corrected chi connectivity index (χ4v) is 6.54. The lowest BCUT2D eigenvalue weighted by molar-refractivity contribution is -0.127. The smallest absolute Gasteiger partial charge is 0.241 e. The van der Waals surface area contributed by atoms with Crippen LogP contribution in [0, 0.1) is 23.7 Å². The van der Waals surface area contributed by atoms with Gasteiger partial charge in [-0.1, -0.05) is 22.0 Å². The maximum atomic E-state index is 13.1. The quantitative estimate of drug-likeness (QED) is 0.812. The van der Waals surface area contributed by atoms with E-state index in [2.05, 4.69) is 44.8 Å². The van der Waals surface area contributed by atoms with Crippen LogP contribution in [0.15, 0.2) is 22.7 Å². The Morgan fingerprint density at radius 3 is 2.50 bits per heavy atom. The Labute approximate surface area is 152 Å². The van der Waals surface area contributed by atoms with Gasteiger partial charge in [-0.3, -0.25) is 4.79 Å². The molecule has 5 aliphatic rings. The molecule has 4 fully saturated rings. The summed E-state index contributed by atoms with van der Waals surface area (Å²) >= 11 is 3.56. The molecule has 3 nitrogen and oxygen atoms in total. The molecule has 0 spiro atoms. The second kappa shape index (κ2) is 5.84. The van der Waals surface area contributed by atoms with Gasteiger partial charge in [0.15, 0.2) is 0 Å². The van der Waals surface area contributed by atoms with Gasteiger partial charge < -0.3 is 10.6 Å². The van der Waals surface area contributed by atoms with Gasteiger partial charge in [-0.05, 0) is 85.5 Å². The minimum Gasteiger partial charge on any atom is -0.351 e. The zero-order valence-electron chi connectivity index (χ0n) is 13.9. The van der Waals surface area contributed by atoms with Crippen LogP contribution in [0.5, 0.6) is 0 Å². The molecule has 1 aromatic carbocycles. The van der Waals surface area contributed by atoms with Crippen LogP contribution in [0.25, 0.3) is 0 Å². The molecule has 1 amide bonds. The number of hydrogen-bond acceptors (Lipinski definition) is 2. The Bertz CT molecular complexity index is 646. The first kappa shape index (κ1) is 15.4. The number of hydrogen-bond donors (Lipinski definition) is 2. The average molecular weight is 389 g/mol. The van der Waals surface area contributed by atoms with Gasteiger partial charge in [-0.15, -0.1) is 0 Å². The summed E-state index contributed by atoms with van der Waals surface area (Å²) in [6, 6.07) is 6.58. The van der Waals surface area contributed by atoms with E-state index in [1.165, 1.54) is 37.7 Å². The highest BCUT2D eigenvalue weighted by Gasteiger charge is 2.49. The van der Waals surface area contributed by atoms with Gasteiger partial charge in [-0.25, -0.2) is 0 Å². The second-order valence-corrected chi connectivity index (χ2v) is 9.36. The highest BCUT2D eigenvalue weighted by molar-refractivity contribution is 9.10. The minimum atomic E-state index is -0.191. The van der Waals surface area contributed by atoms with E-state index in [0.29, 0.717) is 6.04 Å². The summed E-state index contributed by atoms with van der Waals surface area (Å²) in [5, 5.41) is 6.92. The van der Waals surface area contributed by atoms with Crippen LogP contribution in [0.4, 0.5) is 0 Å². The molecule has 4 aliphatic carbocycles. The predicted octanol–water partition coefficient (Wildman–Crippen LogP) is 3.58. The van der Waals surface area contributed by atoms with Gasteiger partial charge in [0.25, 0.3) is 0 Å². The molecule has 128 valence electrons. The molecule has 1 atom stereocenters. The summed E-state index contributed by atoms with van der Waals surface area (Å²) in [6.07, 6.45) is 7.84. The van der Waals surface area contributed by atoms with E-state index in [9.17, 15) is 4.79 Å². The van der Waals surface area contributed by atoms with Crippen LogP contribution in [0.2, 0.25) is 0 Å². The van der Waals surface area contributed by atoms with Crippen LogP contribution in [0.1, 0.15) is 49.3 Å². The molecule has 1 aromatic rings. The third-order valence-electron chi connectivity index (χ3n) is 6.96. The molecule has 2 N–H and O–H groups in total. The topological polar surface area (TPSA) is 41.1 Å². The fourth-order valence-electron chi connectivity index (χ4n) is 6.17. The Morgan fingerprint density at radius 2 is 1.79 bits per heavy atom. The molecule has 1 aliphatic heterocycles. The molecule has 4 bridgehead atoms. The molecular formula is C20H25BrN2O. The van der Waals surface area contributed by atoms with Crippen molar-refractivity contribution in [3.8, 4) is 0 Å². The number of fused-ring (bicyclic) bond motifs is 1. The average Bonchev–Trinajstić information content (AvgIpc) is 2.56. The van der Waals surface area contributed by atoms with Gasteiger partial charge in [0.2, 0.25) is 5.91 Å². The second-order valence-electron chi connectivity index (χ2n) is 8.45. The van der Waals surface area contributed by atoms with Crippen LogP contribution in [-0.4, -0.2) is 18.5 Å². The van der Waals surface area contributed by atoms with Crippen molar-refractivity contribution in [3.63, 3.8) is 0 Å². The van der Waals surface area contributed by atoms with Crippen LogP contribution in [0.3, 0.4) is 0 Å². The number of nitrogens with one attached hydrogen (secondary N) is 2. The first-order valence-electron chi connectivity index (χ1n) is 9.49. The summed E-state index contributed by atoms with van der Waals surface area (Å²) in [5.74, 6) is 3.55. The molecule has 24 heavy (non-hydrogen) atoms. The zero-order chi connectivity index (χ0) is 16.3. The number of rotatable bonds is 2. The third-order valence-corrected chi connectivity index (χ3v) is 7.45. The summed E-state index contributed by atoms with van der Waals surface area (Å²) in [6.45, 7) is 0.883.